The normalized spacial score (nSPS) is 11.2. The van der Waals surface area contributed by atoms with E-state index in [9.17, 15) is 0 Å². The minimum atomic E-state index is -0.473. The molecule has 0 N–H and O–H groups in total. The van der Waals surface area contributed by atoms with Gasteiger partial charge < -0.3 is 4.90 Å². The summed E-state index contributed by atoms with van der Waals surface area (Å²) in [6.07, 6.45) is 0. The Balaban J connectivity index is 1.08. The van der Waals surface area contributed by atoms with Crippen molar-refractivity contribution >= 4 is 17.1 Å². The summed E-state index contributed by atoms with van der Waals surface area (Å²) in [6.45, 7) is 0. The van der Waals surface area contributed by atoms with Crippen LogP contribution in [0, 0.1) is 0 Å². The maximum Gasteiger partial charge on any atom is 0.0701 e. The van der Waals surface area contributed by atoms with Crippen LogP contribution >= 0.6 is 0 Å². The lowest BCUT2D eigenvalue weighted by Crippen LogP contribution is -2.30. The third kappa shape index (κ3) is 6.72. The Labute approximate surface area is 330 Å². The number of nitrogens with zero attached hydrogens (tertiary/aromatic N) is 1. The first-order valence-electron chi connectivity index (χ1n) is 19.3. The molecule has 0 fully saturated rings. The van der Waals surface area contributed by atoms with Crippen LogP contribution in [0.4, 0.5) is 17.1 Å². The fraction of sp³-hybridized carbons (Fsp3) is 0.0182. The van der Waals surface area contributed by atoms with Crippen LogP contribution in [0.15, 0.2) is 249 Å². The second-order valence-corrected chi connectivity index (χ2v) is 14.1. The molecule has 0 heterocycles. The van der Waals surface area contributed by atoms with Gasteiger partial charge in [0.05, 0.1) is 5.41 Å². The number of anilines is 3. The molecular weight excluding hydrogens is 675 g/mol. The second kappa shape index (κ2) is 15.6. The monoisotopic (exact) mass is 715 g/mol. The molecule has 9 aromatic carbocycles. The van der Waals surface area contributed by atoms with E-state index in [2.05, 4.69) is 254 Å². The summed E-state index contributed by atoms with van der Waals surface area (Å²) < 4.78 is 0. The van der Waals surface area contributed by atoms with Crippen LogP contribution in [-0.4, -0.2) is 0 Å². The minimum Gasteiger partial charge on any atom is -0.311 e. The highest BCUT2D eigenvalue weighted by molar-refractivity contribution is 5.81. The number of hydrogen-bond donors (Lipinski definition) is 0. The molecule has 0 aliphatic rings. The zero-order valence-electron chi connectivity index (χ0n) is 31.1. The van der Waals surface area contributed by atoms with Crippen LogP contribution in [0.1, 0.15) is 22.3 Å². The molecule has 0 amide bonds. The fourth-order valence-electron chi connectivity index (χ4n) is 8.09. The van der Waals surface area contributed by atoms with E-state index >= 15 is 0 Å². The zero-order valence-corrected chi connectivity index (χ0v) is 31.1. The van der Waals surface area contributed by atoms with Crippen molar-refractivity contribution in [3.05, 3.63) is 271 Å². The highest BCUT2D eigenvalue weighted by atomic mass is 15.1. The Bertz CT molecular complexity index is 2420. The van der Waals surface area contributed by atoms with E-state index in [1.54, 1.807) is 0 Å². The minimum absolute atomic E-state index is 0.473. The SMILES string of the molecule is c1ccc(-c2ccc(N(c3ccc(-c4ccccc4)cc3)c3ccc(-c4ccc(C(c5ccccc5)(c5ccccc5)c5ccccc5)cc4)cc3)cc2)cc1. The first kappa shape index (κ1) is 34.5. The quantitative estimate of drug-likeness (QED) is 0.127. The van der Waals surface area contributed by atoms with E-state index in [0.29, 0.717) is 0 Å². The van der Waals surface area contributed by atoms with Crippen LogP contribution in [0.2, 0.25) is 0 Å². The lowest BCUT2D eigenvalue weighted by molar-refractivity contribution is 0.745. The molecule has 0 unspecified atom stereocenters. The van der Waals surface area contributed by atoms with Gasteiger partial charge in [-0.05, 0) is 92.0 Å². The van der Waals surface area contributed by atoms with Crippen molar-refractivity contribution in [2.24, 2.45) is 0 Å². The average Bonchev–Trinajstić information content (AvgIpc) is 3.29. The molecule has 0 radical (unpaired) electrons. The molecule has 1 heteroatoms. The highest BCUT2D eigenvalue weighted by Crippen LogP contribution is 2.45. The van der Waals surface area contributed by atoms with Gasteiger partial charge in [-0.3, -0.25) is 0 Å². The van der Waals surface area contributed by atoms with Gasteiger partial charge in [-0.15, -0.1) is 0 Å². The maximum atomic E-state index is 2.34. The molecule has 266 valence electrons. The molecular formula is C55H41N. The average molecular weight is 716 g/mol. The van der Waals surface area contributed by atoms with E-state index in [1.165, 1.54) is 55.6 Å². The van der Waals surface area contributed by atoms with Gasteiger partial charge in [-0.25, -0.2) is 0 Å². The molecule has 0 aliphatic heterocycles. The summed E-state index contributed by atoms with van der Waals surface area (Å²) in [5.74, 6) is 0. The molecule has 0 spiro atoms. The molecule has 0 saturated heterocycles. The van der Waals surface area contributed by atoms with Crippen molar-refractivity contribution in [2.75, 3.05) is 4.90 Å². The van der Waals surface area contributed by atoms with E-state index < -0.39 is 5.41 Å². The third-order valence-corrected chi connectivity index (χ3v) is 10.9. The topological polar surface area (TPSA) is 3.24 Å². The van der Waals surface area contributed by atoms with Gasteiger partial charge in [-0.1, -0.05) is 212 Å². The standard InChI is InChI=1S/C55H41N/c1-6-16-42(17-7-1)45-28-36-52(37-29-45)56(53-38-30-46(31-39-53)43-18-8-2-9-19-43)54-40-32-47(33-41-54)44-26-34-51(35-27-44)55(48-20-10-3-11-21-48,49-22-12-4-13-23-49)50-24-14-5-15-25-50/h1-41H. The summed E-state index contributed by atoms with van der Waals surface area (Å²) in [4.78, 5) is 2.34. The van der Waals surface area contributed by atoms with E-state index in [4.69, 9.17) is 0 Å². The van der Waals surface area contributed by atoms with Gasteiger partial charge in [0.15, 0.2) is 0 Å². The molecule has 56 heavy (non-hydrogen) atoms. The largest absolute Gasteiger partial charge is 0.311 e. The summed E-state index contributed by atoms with van der Waals surface area (Å²) in [5, 5.41) is 0. The lowest BCUT2D eigenvalue weighted by Gasteiger charge is -2.37. The van der Waals surface area contributed by atoms with Crippen LogP contribution in [0.25, 0.3) is 33.4 Å². The Morgan fingerprint density at radius 1 is 0.196 bits per heavy atom. The van der Waals surface area contributed by atoms with Crippen molar-refractivity contribution in [3.63, 3.8) is 0 Å². The van der Waals surface area contributed by atoms with Crippen LogP contribution < -0.4 is 4.90 Å². The molecule has 9 rings (SSSR count). The summed E-state index contributed by atoms with van der Waals surface area (Å²) in [7, 11) is 0. The van der Waals surface area contributed by atoms with Gasteiger partial charge in [0.2, 0.25) is 0 Å². The molecule has 9 aromatic rings. The first-order valence-corrected chi connectivity index (χ1v) is 19.3. The summed E-state index contributed by atoms with van der Waals surface area (Å²) in [5.41, 5.74) is 14.9. The number of rotatable bonds is 10. The van der Waals surface area contributed by atoms with Crippen molar-refractivity contribution < 1.29 is 0 Å². The second-order valence-electron chi connectivity index (χ2n) is 14.1. The molecule has 0 bridgehead atoms. The van der Waals surface area contributed by atoms with Gasteiger partial charge in [0, 0.05) is 17.1 Å². The fourth-order valence-corrected chi connectivity index (χ4v) is 8.09. The lowest BCUT2D eigenvalue weighted by atomic mass is 9.65. The van der Waals surface area contributed by atoms with Crippen molar-refractivity contribution in [1.82, 2.24) is 0 Å². The first-order chi connectivity index (χ1) is 27.8. The molecule has 1 nitrogen and oxygen atoms in total. The Hall–Kier alpha value is -7.22. The molecule has 0 saturated carbocycles. The zero-order chi connectivity index (χ0) is 37.6. The molecule has 0 aliphatic carbocycles. The number of hydrogen-bond acceptors (Lipinski definition) is 1. The van der Waals surface area contributed by atoms with Crippen LogP contribution in [0.3, 0.4) is 0 Å². The van der Waals surface area contributed by atoms with Gasteiger partial charge in [0.25, 0.3) is 0 Å². The molecule has 0 aromatic heterocycles. The summed E-state index contributed by atoms with van der Waals surface area (Å²) >= 11 is 0. The predicted molar refractivity (Wildman–Crippen MR) is 236 cm³/mol. The van der Waals surface area contributed by atoms with Gasteiger partial charge in [-0.2, -0.15) is 0 Å². The Morgan fingerprint density at radius 2 is 0.411 bits per heavy atom. The van der Waals surface area contributed by atoms with E-state index in [0.717, 1.165) is 17.1 Å². The number of benzene rings is 9. The van der Waals surface area contributed by atoms with Crippen LogP contribution in [0.5, 0.6) is 0 Å². The van der Waals surface area contributed by atoms with Crippen molar-refractivity contribution in [1.29, 1.82) is 0 Å². The van der Waals surface area contributed by atoms with Crippen molar-refractivity contribution in [3.8, 4) is 33.4 Å². The summed E-state index contributed by atoms with van der Waals surface area (Å²) in [6, 6.07) is 89.6. The van der Waals surface area contributed by atoms with Crippen molar-refractivity contribution in [2.45, 2.75) is 5.41 Å². The molecule has 0 atom stereocenters. The van der Waals surface area contributed by atoms with E-state index in [1.807, 2.05) is 0 Å². The smallest absolute Gasteiger partial charge is 0.0701 e. The van der Waals surface area contributed by atoms with Crippen LogP contribution in [-0.2, 0) is 5.41 Å². The third-order valence-electron chi connectivity index (χ3n) is 10.9. The highest BCUT2D eigenvalue weighted by Gasteiger charge is 2.38. The maximum absolute atomic E-state index is 2.34. The van der Waals surface area contributed by atoms with Gasteiger partial charge >= 0.3 is 0 Å². The van der Waals surface area contributed by atoms with Gasteiger partial charge in [0.1, 0.15) is 0 Å². The Morgan fingerprint density at radius 3 is 0.696 bits per heavy atom. The predicted octanol–water partition coefficient (Wildman–Crippen LogP) is 14.5. The van der Waals surface area contributed by atoms with E-state index in [-0.39, 0.29) is 0 Å². The Kier molecular flexibility index (Phi) is 9.64.